The molecule has 9 heteroatoms. The van der Waals surface area contributed by atoms with E-state index in [0.717, 1.165) is 10.5 Å². The van der Waals surface area contributed by atoms with Crippen molar-refractivity contribution in [2.75, 3.05) is 11.5 Å². The van der Waals surface area contributed by atoms with Crippen molar-refractivity contribution in [2.45, 2.75) is 27.4 Å². The van der Waals surface area contributed by atoms with Crippen LogP contribution >= 0.6 is 27.5 Å². The van der Waals surface area contributed by atoms with Gasteiger partial charge in [0.25, 0.3) is 11.8 Å². The van der Waals surface area contributed by atoms with Crippen LogP contribution in [0, 0.1) is 13.8 Å². The van der Waals surface area contributed by atoms with E-state index in [1.807, 2.05) is 26.0 Å². The third-order valence-electron chi connectivity index (χ3n) is 5.79. The molecule has 4 amide bonds. The molecule has 0 saturated carbocycles. The first-order valence-corrected chi connectivity index (χ1v) is 12.7. The molecule has 0 bridgehead atoms. The van der Waals surface area contributed by atoms with Gasteiger partial charge in [0.05, 0.1) is 21.8 Å². The third-order valence-corrected chi connectivity index (χ3v) is 6.70. The molecule has 190 valence electrons. The molecule has 3 aromatic carbocycles. The largest absolute Gasteiger partial charge is 0.490 e. The standard InChI is InChI=1S/C28H24BrClN2O5/c1-4-36-24-14-19(13-21(29)25(24)37-15-18-10-9-16(2)17(3)11-18)12-20-26(33)31-28(35)32(27(20)34)23-8-6-5-7-22(23)30/h5-14H,4,15H2,1-3H3,(H,31,33,35)/b20-12+. The maximum atomic E-state index is 13.2. The normalized spacial score (nSPS) is 14.7. The van der Waals surface area contributed by atoms with E-state index >= 15 is 0 Å². The van der Waals surface area contributed by atoms with E-state index in [-0.39, 0.29) is 16.3 Å². The minimum absolute atomic E-state index is 0.177. The number of benzene rings is 3. The molecule has 1 aliphatic heterocycles. The Morgan fingerprint density at radius 3 is 2.46 bits per heavy atom. The SMILES string of the molecule is CCOc1cc(/C=C2\C(=O)NC(=O)N(c3ccccc3Cl)C2=O)cc(Br)c1OCc1ccc(C)c(C)c1. The number of amides is 4. The van der Waals surface area contributed by atoms with Crippen LogP contribution < -0.4 is 19.7 Å². The van der Waals surface area contributed by atoms with Gasteiger partial charge >= 0.3 is 6.03 Å². The predicted octanol–water partition coefficient (Wildman–Crippen LogP) is 6.36. The Hall–Kier alpha value is -3.62. The minimum atomic E-state index is -0.869. The average molecular weight is 584 g/mol. The highest BCUT2D eigenvalue weighted by atomic mass is 79.9. The van der Waals surface area contributed by atoms with Crippen molar-refractivity contribution in [1.82, 2.24) is 5.32 Å². The Bertz CT molecular complexity index is 1440. The lowest BCUT2D eigenvalue weighted by Gasteiger charge is -2.27. The first-order valence-electron chi connectivity index (χ1n) is 11.5. The van der Waals surface area contributed by atoms with Crippen LogP contribution in [-0.4, -0.2) is 24.5 Å². The molecular weight excluding hydrogens is 560 g/mol. The summed E-state index contributed by atoms with van der Waals surface area (Å²) in [6.07, 6.45) is 1.40. The zero-order chi connectivity index (χ0) is 26.7. The molecule has 37 heavy (non-hydrogen) atoms. The molecule has 1 aliphatic rings. The van der Waals surface area contributed by atoms with Gasteiger partial charge in [0.2, 0.25) is 0 Å². The fourth-order valence-corrected chi connectivity index (χ4v) is 4.59. The number of hydrogen-bond acceptors (Lipinski definition) is 5. The van der Waals surface area contributed by atoms with E-state index in [4.69, 9.17) is 21.1 Å². The Balaban J connectivity index is 1.66. The maximum absolute atomic E-state index is 13.2. The molecule has 0 radical (unpaired) electrons. The lowest BCUT2D eigenvalue weighted by molar-refractivity contribution is -0.122. The van der Waals surface area contributed by atoms with E-state index in [1.54, 1.807) is 30.3 Å². The summed E-state index contributed by atoms with van der Waals surface area (Å²) in [5.74, 6) is -0.654. The number of ether oxygens (including phenoxy) is 2. The van der Waals surface area contributed by atoms with Crippen molar-refractivity contribution in [1.29, 1.82) is 0 Å². The summed E-state index contributed by atoms with van der Waals surface area (Å²) in [6, 6.07) is 15.0. The van der Waals surface area contributed by atoms with Gasteiger partial charge in [-0.05, 0) is 89.3 Å². The number of nitrogens with one attached hydrogen (secondary N) is 1. The molecular formula is C28H24BrClN2O5. The van der Waals surface area contributed by atoms with E-state index < -0.39 is 17.8 Å². The number of barbiturate groups is 1. The quantitative estimate of drug-likeness (QED) is 0.258. The summed E-state index contributed by atoms with van der Waals surface area (Å²) in [7, 11) is 0. The highest BCUT2D eigenvalue weighted by Gasteiger charge is 2.37. The lowest BCUT2D eigenvalue weighted by atomic mass is 10.1. The fraction of sp³-hybridized carbons (Fsp3) is 0.179. The van der Waals surface area contributed by atoms with Gasteiger partial charge < -0.3 is 9.47 Å². The molecule has 1 saturated heterocycles. The topological polar surface area (TPSA) is 84.9 Å². The van der Waals surface area contributed by atoms with Crippen molar-refractivity contribution >= 4 is 57.1 Å². The monoisotopic (exact) mass is 582 g/mol. The average Bonchev–Trinajstić information content (AvgIpc) is 2.84. The second kappa shape index (κ2) is 11.2. The highest BCUT2D eigenvalue weighted by molar-refractivity contribution is 9.10. The van der Waals surface area contributed by atoms with E-state index in [2.05, 4.69) is 34.2 Å². The summed E-state index contributed by atoms with van der Waals surface area (Å²) >= 11 is 9.73. The molecule has 7 nitrogen and oxygen atoms in total. The lowest BCUT2D eigenvalue weighted by Crippen LogP contribution is -2.54. The Kier molecular flexibility index (Phi) is 8.00. The molecule has 0 spiro atoms. The van der Waals surface area contributed by atoms with Crippen molar-refractivity contribution in [3.63, 3.8) is 0 Å². The van der Waals surface area contributed by atoms with Crippen LogP contribution in [0.5, 0.6) is 11.5 Å². The third kappa shape index (κ3) is 5.70. The molecule has 1 N–H and O–H groups in total. The number of urea groups is 1. The number of carbonyl (C=O) groups is 3. The number of aryl methyl sites for hydroxylation is 2. The van der Waals surface area contributed by atoms with Gasteiger partial charge in [-0.25, -0.2) is 9.69 Å². The molecule has 0 aromatic heterocycles. The van der Waals surface area contributed by atoms with Crippen LogP contribution in [0.4, 0.5) is 10.5 Å². The Labute approximate surface area is 228 Å². The van der Waals surface area contributed by atoms with Crippen molar-refractivity contribution in [2.24, 2.45) is 0 Å². The zero-order valence-electron chi connectivity index (χ0n) is 20.4. The number of rotatable bonds is 7. The van der Waals surface area contributed by atoms with Gasteiger partial charge in [0.1, 0.15) is 12.2 Å². The van der Waals surface area contributed by atoms with Crippen LogP contribution in [0.15, 0.2) is 64.6 Å². The number of hydrogen-bond donors (Lipinski definition) is 1. The molecule has 0 aliphatic carbocycles. The van der Waals surface area contributed by atoms with Crippen molar-refractivity contribution in [3.8, 4) is 11.5 Å². The molecule has 1 fully saturated rings. The second-order valence-electron chi connectivity index (χ2n) is 8.38. The summed E-state index contributed by atoms with van der Waals surface area (Å²) < 4.78 is 12.5. The number of imide groups is 2. The number of para-hydroxylation sites is 1. The summed E-state index contributed by atoms with van der Waals surface area (Å²) in [5, 5.41) is 2.40. The second-order valence-corrected chi connectivity index (χ2v) is 9.64. The minimum Gasteiger partial charge on any atom is -0.490 e. The number of anilines is 1. The Morgan fingerprint density at radius 2 is 1.76 bits per heavy atom. The highest BCUT2D eigenvalue weighted by Crippen LogP contribution is 2.38. The van der Waals surface area contributed by atoms with Gasteiger partial charge in [0.15, 0.2) is 11.5 Å². The molecule has 4 rings (SSSR count). The van der Waals surface area contributed by atoms with E-state index in [1.165, 1.54) is 23.3 Å². The predicted molar refractivity (Wildman–Crippen MR) is 146 cm³/mol. The summed E-state index contributed by atoms with van der Waals surface area (Å²) in [5.41, 5.74) is 3.84. The fourth-order valence-electron chi connectivity index (χ4n) is 3.80. The van der Waals surface area contributed by atoms with Crippen molar-refractivity contribution in [3.05, 3.63) is 91.9 Å². The molecule has 3 aromatic rings. The van der Waals surface area contributed by atoms with Gasteiger partial charge in [-0.3, -0.25) is 14.9 Å². The van der Waals surface area contributed by atoms with Gasteiger partial charge in [-0.2, -0.15) is 0 Å². The van der Waals surface area contributed by atoms with Gasteiger partial charge in [-0.15, -0.1) is 0 Å². The van der Waals surface area contributed by atoms with Crippen LogP contribution in [0.2, 0.25) is 5.02 Å². The zero-order valence-corrected chi connectivity index (χ0v) is 22.8. The first-order chi connectivity index (χ1) is 17.7. The number of nitrogens with zero attached hydrogens (tertiary/aromatic N) is 1. The molecule has 0 unspecified atom stereocenters. The summed E-state index contributed by atoms with van der Waals surface area (Å²) in [6.45, 7) is 6.65. The summed E-state index contributed by atoms with van der Waals surface area (Å²) in [4.78, 5) is 39.2. The Morgan fingerprint density at radius 1 is 1.00 bits per heavy atom. The van der Waals surface area contributed by atoms with E-state index in [9.17, 15) is 14.4 Å². The smallest absolute Gasteiger partial charge is 0.335 e. The van der Waals surface area contributed by atoms with Crippen LogP contribution in [-0.2, 0) is 16.2 Å². The van der Waals surface area contributed by atoms with Crippen LogP contribution in [0.1, 0.15) is 29.2 Å². The molecule has 1 heterocycles. The maximum Gasteiger partial charge on any atom is 0.335 e. The van der Waals surface area contributed by atoms with Crippen LogP contribution in [0.25, 0.3) is 6.08 Å². The molecule has 0 atom stereocenters. The number of halogens is 2. The van der Waals surface area contributed by atoms with Crippen LogP contribution in [0.3, 0.4) is 0 Å². The van der Waals surface area contributed by atoms with Gasteiger partial charge in [0, 0.05) is 0 Å². The van der Waals surface area contributed by atoms with Crippen molar-refractivity contribution < 1.29 is 23.9 Å². The van der Waals surface area contributed by atoms with Gasteiger partial charge in [-0.1, -0.05) is 41.9 Å². The first kappa shape index (κ1) is 26.4. The van der Waals surface area contributed by atoms with E-state index in [0.29, 0.717) is 34.7 Å². The number of carbonyl (C=O) groups excluding carboxylic acids is 3.